The molecule has 19 heavy (non-hydrogen) atoms. The van der Waals surface area contributed by atoms with E-state index in [4.69, 9.17) is 10.6 Å². The van der Waals surface area contributed by atoms with Crippen LogP contribution in [0.2, 0.25) is 0 Å². The number of hydroxylamine groups is 1. The van der Waals surface area contributed by atoms with Crippen LogP contribution in [0.5, 0.6) is 0 Å². The Hall–Kier alpha value is -1.55. The van der Waals surface area contributed by atoms with Gasteiger partial charge in [-0.1, -0.05) is 25.0 Å². The highest BCUT2D eigenvalue weighted by Gasteiger charge is 2.30. The van der Waals surface area contributed by atoms with E-state index in [9.17, 15) is 4.79 Å². The summed E-state index contributed by atoms with van der Waals surface area (Å²) in [6.45, 7) is 3.76. The highest BCUT2D eigenvalue weighted by atomic mass is 16.7. The SMILES string of the molecule is CC(C)(C(=O)NOC1CCCC1)c1ccc(N)cc1. The number of rotatable bonds is 4. The van der Waals surface area contributed by atoms with Crippen molar-refractivity contribution in [3.05, 3.63) is 29.8 Å². The zero-order valence-electron chi connectivity index (χ0n) is 11.6. The second kappa shape index (κ2) is 5.61. The lowest BCUT2D eigenvalue weighted by Crippen LogP contribution is -2.41. The molecule has 0 heterocycles. The predicted molar refractivity (Wildman–Crippen MR) is 75.4 cm³/mol. The summed E-state index contributed by atoms with van der Waals surface area (Å²) in [6, 6.07) is 7.37. The van der Waals surface area contributed by atoms with Gasteiger partial charge in [0.05, 0.1) is 11.5 Å². The number of nitrogens with one attached hydrogen (secondary N) is 1. The molecule has 0 spiro atoms. The minimum atomic E-state index is -0.633. The molecule has 0 bridgehead atoms. The van der Waals surface area contributed by atoms with Gasteiger partial charge in [-0.2, -0.15) is 0 Å². The van der Waals surface area contributed by atoms with Gasteiger partial charge >= 0.3 is 0 Å². The second-order valence-corrected chi connectivity index (χ2v) is 5.70. The molecular formula is C15H22N2O2. The minimum absolute atomic E-state index is 0.121. The zero-order valence-corrected chi connectivity index (χ0v) is 11.6. The molecule has 0 radical (unpaired) electrons. The number of carbonyl (C=O) groups is 1. The number of hydrogen-bond acceptors (Lipinski definition) is 3. The number of hydrogen-bond donors (Lipinski definition) is 2. The summed E-state index contributed by atoms with van der Waals surface area (Å²) >= 11 is 0. The van der Waals surface area contributed by atoms with Crippen molar-refractivity contribution >= 4 is 11.6 Å². The molecule has 4 nitrogen and oxygen atoms in total. The molecule has 1 saturated carbocycles. The molecule has 0 atom stereocenters. The van der Waals surface area contributed by atoms with Crippen LogP contribution in [0.25, 0.3) is 0 Å². The number of nitrogens with two attached hydrogens (primary N) is 1. The van der Waals surface area contributed by atoms with Crippen molar-refractivity contribution in [2.24, 2.45) is 0 Å². The summed E-state index contributed by atoms with van der Waals surface area (Å²) in [5, 5.41) is 0. The smallest absolute Gasteiger partial charge is 0.253 e. The summed E-state index contributed by atoms with van der Waals surface area (Å²) in [5.74, 6) is -0.121. The molecule has 3 N–H and O–H groups in total. The third-order valence-corrected chi connectivity index (χ3v) is 3.82. The highest BCUT2D eigenvalue weighted by Crippen LogP contribution is 2.25. The summed E-state index contributed by atoms with van der Waals surface area (Å²) < 4.78 is 0. The fraction of sp³-hybridized carbons (Fsp3) is 0.533. The summed E-state index contributed by atoms with van der Waals surface area (Å²) in [7, 11) is 0. The summed E-state index contributed by atoms with van der Waals surface area (Å²) in [5.41, 5.74) is 9.26. The molecule has 1 amide bonds. The number of nitrogen functional groups attached to an aromatic ring is 1. The van der Waals surface area contributed by atoms with Crippen LogP contribution < -0.4 is 11.2 Å². The largest absolute Gasteiger partial charge is 0.399 e. The highest BCUT2D eigenvalue weighted by molar-refractivity contribution is 5.86. The molecule has 0 aliphatic heterocycles. The van der Waals surface area contributed by atoms with Crippen molar-refractivity contribution in [3.63, 3.8) is 0 Å². The van der Waals surface area contributed by atoms with Crippen molar-refractivity contribution in [1.29, 1.82) is 0 Å². The maximum Gasteiger partial charge on any atom is 0.253 e. The monoisotopic (exact) mass is 262 g/mol. The van der Waals surface area contributed by atoms with Crippen molar-refractivity contribution < 1.29 is 9.63 Å². The molecule has 104 valence electrons. The van der Waals surface area contributed by atoms with E-state index in [2.05, 4.69) is 5.48 Å². The Morgan fingerprint density at radius 1 is 1.26 bits per heavy atom. The van der Waals surface area contributed by atoms with Gasteiger partial charge in [-0.05, 0) is 44.4 Å². The molecule has 1 aromatic carbocycles. The topological polar surface area (TPSA) is 64.3 Å². The van der Waals surface area contributed by atoms with Gasteiger partial charge in [0.25, 0.3) is 5.91 Å². The van der Waals surface area contributed by atoms with Gasteiger partial charge < -0.3 is 5.73 Å². The molecule has 0 saturated heterocycles. The zero-order chi connectivity index (χ0) is 13.9. The Morgan fingerprint density at radius 2 is 1.84 bits per heavy atom. The average molecular weight is 262 g/mol. The number of anilines is 1. The quantitative estimate of drug-likeness (QED) is 0.647. The lowest BCUT2D eigenvalue weighted by atomic mass is 9.84. The molecule has 1 aromatic rings. The Morgan fingerprint density at radius 3 is 2.42 bits per heavy atom. The summed E-state index contributed by atoms with van der Waals surface area (Å²) in [4.78, 5) is 17.7. The first kappa shape index (κ1) is 13.9. The fourth-order valence-corrected chi connectivity index (χ4v) is 2.30. The van der Waals surface area contributed by atoms with Gasteiger partial charge in [0.2, 0.25) is 0 Å². The average Bonchev–Trinajstić information content (AvgIpc) is 2.89. The maximum atomic E-state index is 12.2. The van der Waals surface area contributed by atoms with Gasteiger partial charge in [-0.3, -0.25) is 9.63 Å². The number of amides is 1. The molecular weight excluding hydrogens is 240 g/mol. The van der Waals surface area contributed by atoms with Crippen molar-refractivity contribution in [3.8, 4) is 0 Å². The van der Waals surface area contributed by atoms with Crippen LogP contribution in [-0.4, -0.2) is 12.0 Å². The Labute approximate surface area is 114 Å². The third kappa shape index (κ3) is 3.26. The van der Waals surface area contributed by atoms with Crippen LogP contribution >= 0.6 is 0 Å². The minimum Gasteiger partial charge on any atom is -0.399 e. The lowest BCUT2D eigenvalue weighted by molar-refractivity contribution is -0.143. The Balaban J connectivity index is 1.97. The van der Waals surface area contributed by atoms with Crippen molar-refractivity contribution in [2.75, 3.05) is 5.73 Å². The molecule has 1 aliphatic carbocycles. The second-order valence-electron chi connectivity index (χ2n) is 5.70. The van der Waals surface area contributed by atoms with Gasteiger partial charge in [-0.15, -0.1) is 0 Å². The van der Waals surface area contributed by atoms with E-state index in [-0.39, 0.29) is 12.0 Å². The Bertz CT molecular complexity index is 434. The van der Waals surface area contributed by atoms with E-state index in [1.54, 1.807) is 0 Å². The van der Waals surface area contributed by atoms with Gasteiger partial charge in [0, 0.05) is 5.69 Å². The van der Waals surface area contributed by atoms with E-state index in [0.717, 1.165) is 18.4 Å². The fourth-order valence-electron chi connectivity index (χ4n) is 2.30. The van der Waals surface area contributed by atoms with Crippen molar-refractivity contribution in [1.82, 2.24) is 5.48 Å². The van der Waals surface area contributed by atoms with Crippen LogP contribution in [0.3, 0.4) is 0 Å². The van der Waals surface area contributed by atoms with E-state index >= 15 is 0 Å². The molecule has 1 aliphatic rings. The van der Waals surface area contributed by atoms with Crippen LogP contribution in [-0.2, 0) is 15.0 Å². The molecule has 2 rings (SSSR count). The molecule has 0 unspecified atom stereocenters. The molecule has 1 fully saturated rings. The number of benzene rings is 1. The first-order valence-corrected chi connectivity index (χ1v) is 6.82. The normalized spacial score (nSPS) is 16.5. The molecule has 4 heteroatoms. The standard InChI is InChI=1S/C15H22N2O2/c1-15(2,11-7-9-12(16)10-8-11)14(18)17-19-13-5-3-4-6-13/h7-10,13H,3-6,16H2,1-2H3,(H,17,18). The van der Waals surface area contributed by atoms with Gasteiger partial charge in [0.1, 0.15) is 0 Å². The predicted octanol–water partition coefficient (Wildman–Crippen LogP) is 2.54. The van der Waals surface area contributed by atoms with Crippen molar-refractivity contribution in [2.45, 2.75) is 51.0 Å². The van der Waals surface area contributed by atoms with E-state index in [1.807, 2.05) is 38.1 Å². The lowest BCUT2D eigenvalue weighted by Gasteiger charge is -2.25. The van der Waals surface area contributed by atoms with E-state index in [0.29, 0.717) is 5.69 Å². The Kier molecular flexibility index (Phi) is 4.10. The van der Waals surface area contributed by atoms with E-state index in [1.165, 1.54) is 12.8 Å². The maximum absolute atomic E-state index is 12.2. The van der Waals surface area contributed by atoms with Crippen LogP contribution in [0.4, 0.5) is 5.69 Å². The van der Waals surface area contributed by atoms with E-state index < -0.39 is 5.41 Å². The van der Waals surface area contributed by atoms with Crippen LogP contribution in [0.1, 0.15) is 45.1 Å². The van der Waals surface area contributed by atoms with Crippen LogP contribution in [0.15, 0.2) is 24.3 Å². The molecule has 0 aromatic heterocycles. The number of carbonyl (C=O) groups excluding carboxylic acids is 1. The van der Waals surface area contributed by atoms with Crippen LogP contribution in [0, 0.1) is 0 Å². The first-order valence-electron chi connectivity index (χ1n) is 6.82. The third-order valence-electron chi connectivity index (χ3n) is 3.82. The van der Waals surface area contributed by atoms with Gasteiger partial charge in [0.15, 0.2) is 0 Å². The first-order chi connectivity index (χ1) is 9.00. The summed E-state index contributed by atoms with van der Waals surface area (Å²) in [6.07, 6.45) is 4.60. The van der Waals surface area contributed by atoms with Gasteiger partial charge in [-0.25, -0.2) is 5.48 Å².